The number of ketones is 2. The molecule has 0 aromatic carbocycles. The largest absolute Gasteiger partial charge is 0.355 e. The van der Waals surface area contributed by atoms with Gasteiger partial charge in [0.1, 0.15) is 5.78 Å². The highest BCUT2D eigenvalue weighted by molar-refractivity contribution is 6.02. The van der Waals surface area contributed by atoms with E-state index in [2.05, 4.69) is 6.58 Å². The summed E-state index contributed by atoms with van der Waals surface area (Å²) in [4.78, 5) is 25.9. The molecular formula is C19H26O4. The van der Waals surface area contributed by atoms with Crippen LogP contribution in [-0.2, 0) is 19.1 Å². The van der Waals surface area contributed by atoms with Crippen LogP contribution in [0.15, 0.2) is 24.3 Å². The van der Waals surface area contributed by atoms with E-state index in [1.165, 1.54) is 0 Å². The number of ether oxygens (including phenoxy) is 2. The zero-order valence-electron chi connectivity index (χ0n) is 14.5. The van der Waals surface area contributed by atoms with E-state index in [1.807, 2.05) is 26.8 Å². The van der Waals surface area contributed by atoms with Crippen molar-refractivity contribution in [2.45, 2.75) is 46.3 Å². The SMILES string of the molecule is C=CC[C@@]12CC(=O)[C@H]3[C@H](OC)OC[C@@]3(C)C1=CC(=O)[C@@]2(C)CC. The summed E-state index contributed by atoms with van der Waals surface area (Å²) in [6.45, 7) is 10.4. The van der Waals surface area contributed by atoms with Crippen molar-refractivity contribution in [1.82, 2.24) is 0 Å². The van der Waals surface area contributed by atoms with Crippen LogP contribution in [0.1, 0.15) is 40.0 Å². The predicted octanol–water partition coefficient (Wildman–Crippen LogP) is 3.07. The van der Waals surface area contributed by atoms with Crippen molar-refractivity contribution >= 4 is 11.6 Å². The van der Waals surface area contributed by atoms with Gasteiger partial charge in [-0.2, -0.15) is 0 Å². The van der Waals surface area contributed by atoms with Crippen LogP contribution in [0.2, 0.25) is 0 Å². The Morgan fingerprint density at radius 3 is 2.70 bits per heavy atom. The van der Waals surface area contributed by atoms with Gasteiger partial charge in [-0.05, 0) is 24.5 Å². The molecule has 2 fully saturated rings. The second-order valence-corrected chi connectivity index (χ2v) is 7.64. The maximum Gasteiger partial charge on any atom is 0.167 e. The first-order valence-corrected chi connectivity index (χ1v) is 8.36. The van der Waals surface area contributed by atoms with Gasteiger partial charge in [-0.1, -0.05) is 26.8 Å². The van der Waals surface area contributed by atoms with Crippen LogP contribution in [0.3, 0.4) is 0 Å². The van der Waals surface area contributed by atoms with Gasteiger partial charge < -0.3 is 9.47 Å². The van der Waals surface area contributed by atoms with Crippen molar-refractivity contribution in [2.24, 2.45) is 22.2 Å². The molecule has 4 heteroatoms. The van der Waals surface area contributed by atoms with Gasteiger partial charge in [0.05, 0.1) is 12.5 Å². The minimum absolute atomic E-state index is 0.132. The maximum atomic E-state index is 13.1. The van der Waals surface area contributed by atoms with Crippen LogP contribution in [0.25, 0.3) is 0 Å². The molecule has 3 aliphatic rings. The number of carbonyl (C=O) groups excluding carboxylic acids is 2. The molecule has 0 spiro atoms. The lowest BCUT2D eigenvalue weighted by atomic mass is 9.48. The fourth-order valence-electron chi connectivity index (χ4n) is 5.24. The lowest BCUT2D eigenvalue weighted by Crippen LogP contribution is -2.54. The van der Waals surface area contributed by atoms with Gasteiger partial charge in [-0.3, -0.25) is 9.59 Å². The summed E-state index contributed by atoms with van der Waals surface area (Å²) in [5, 5.41) is 0. The molecule has 23 heavy (non-hydrogen) atoms. The highest BCUT2D eigenvalue weighted by Crippen LogP contribution is 2.67. The predicted molar refractivity (Wildman–Crippen MR) is 86.7 cm³/mol. The average Bonchev–Trinajstić information content (AvgIpc) is 2.97. The Hall–Kier alpha value is -1.26. The van der Waals surface area contributed by atoms with Crippen LogP contribution in [0.4, 0.5) is 0 Å². The summed E-state index contributed by atoms with van der Waals surface area (Å²) in [7, 11) is 1.57. The van der Waals surface area contributed by atoms with E-state index >= 15 is 0 Å². The molecule has 0 bridgehead atoms. The van der Waals surface area contributed by atoms with Gasteiger partial charge in [-0.15, -0.1) is 6.58 Å². The Kier molecular flexibility index (Phi) is 3.69. The van der Waals surface area contributed by atoms with Crippen molar-refractivity contribution < 1.29 is 19.1 Å². The Morgan fingerprint density at radius 1 is 1.43 bits per heavy atom. The number of rotatable bonds is 4. The van der Waals surface area contributed by atoms with E-state index < -0.39 is 22.5 Å². The van der Waals surface area contributed by atoms with Crippen LogP contribution >= 0.6 is 0 Å². The van der Waals surface area contributed by atoms with Gasteiger partial charge in [0, 0.05) is 29.8 Å². The number of hydrogen-bond acceptors (Lipinski definition) is 4. The molecule has 5 atom stereocenters. The number of carbonyl (C=O) groups is 2. The topological polar surface area (TPSA) is 52.6 Å². The normalized spacial score (nSPS) is 45.7. The van der Waals surface area contributed by atoms with Gasteiger partial charge in [-0.25, -0.2) is 0 Å². The Balaban J connectivity index is 2.19. The van der Waals surface area contributed by atoms with Crippen LogP contribution in [0.5, 0.6) is 0 Å². The summed E-state index contributed by atoms with van der Waals surface area (Å²) in [6.07, 6.45) is 4.85. The number of methoxy groups -OCH3 is 1. The molecule has 2 aliphatic carbocycles. The van der Waals surface area contributed by atoms with Crippen molar-refractivity contribution in [3.63, 3.8) is 0 Å². The number of fused-ring (bicyclic) bond motifs is 3. The summed E-state index contributed by atoms with van der Waals surface area (Å²) in [6, 6.07) is 0. The highest BCUT2D eigenvalue weighted by Gasteiger charge is 2.68. The molecule has 4 nitrogen and oxygen atoms in total. The van der Waals surface area contributed by atoms with E-state index in [0.29, 0.717) is 25.9 Å². The number of allylic oxidation sites excluding steroid dienone is 2. The molecule has 0 aromatic heterocycles. The molecule has 0 N–H and O–H groups in total. The van der Waals surface area contributed by atoms with Crippen LogP contribution in [-0.4, -0.2) is 31.6 Å². The van der Waals surface area contributed by atoms with Crippen molar-refractivity contribution in [3.8, 4) is 0 Å². The molecule has 1 saturated carbocycles. The molecule has 1 heterocycles. The van der Waals surface area contributed by atoms with E-state index in [0.717, 1.165) is 5.57 Å². The second-order valence-electron chi connectivity index (χ2n) is 7.64. The Morgan fingerprint density at radius 2 is 2.13 bits per heavy atom. The average molecular weight is 318 g/mol. The molecule has 1 saturated heterocycles. The molecule has 3 rings (SSSR count). The van der Waals surface area contributed by atoms with Gasteiger partial charge in [0.2, 0.25) is 0 Å². The maximum absolute atomic E-state index is 13.1. The van der Waals surface area contributed by atoms with Gasteiger partial charge >= 0.3 is 0 Å². The summed E-state index contributed by atoms with van der Waals surface area (Å²) < 4.78 is 11.2. The van der Waals surface area contributed by atoms with E-state index in [-0.39, 0.29) is 17.5 Å². The van der Waals surface area contributed by atoms with E-state index in [9.17, 15) is 9.59 Å². The van der Waals surface area contributed by atoms with Crippen molar-refractivity contribution in [1.29, 1.82) is 0 Å². The lowest BCUT2D eigenvalue weighted by Gasteiger charge is -2.52. The van der Waals surface area contributed by atoms with Gasteiger partial charge in [0.15, 0.2) is 12.1 Å². The third-order valence-electron chi connectivity index (χ3n) is 6.77. The third-order valence-corrected chi connectivity index (χ3v) is 6.77. The Labute approximate surface area is 137 Å². The first kappa shape index (κ1) is 16.6. The van der Waals surface area contributed by atoms with Crippen molar-refractivity contribution in [2.75, 3.05) is 13.7 Å². The van der Waals surface area contributed by atoms with Crippen molar-refractivity contribution in [3.05, 3.63) is 24.3 Å². The highest BCUT2D eigenvalue weighted by atomic mass is 16.7. The molecule has 1 aliphatic heterocycles. The molecule has 0 unspecified atom stereocenters. The second kappa shape index (κ2) is 5.12. The van der Waals surface area contributed by atoms with Crippen LogP contribution in [0, 0.1) is 22.2 Å². The third kappa shape index (κ3) is 1.79. The summed E-state index contributed by atoms with van der Waals surface area (Å²) in [5.41, 5.74) is -0.412. The fourth-order valence-corrected chi connectivity index (χ4v) is 5.24. The summed E-state index contributed by atoms with van der Waals surface area (Å²) in [5.74, 6) is -0.0543. The lowest BCUT2D eigenvalue weighted by molar-refractivity contribution is -0.150. The number of hydrogen-bond donors (Lipinski definition) is 0. The summed E-state index contributed by atoms with van der Waals surface area (Å²) >= 11 is 0. The molecule has 0 aromatic rings. The van der Waals surface area contributed by atoms with Gasteiger partial charge in [0.25, 0.3) is 0 Å². The fraction of sp³-hybridized carbons (Fsp3) is 0.684. The number of Topliss-reactive ketones (excluding diaryl/α,β-unsaturated/α-hetero) is 1. The van der Waals surface area contributed by atoms with Crippen LogP contribution < -0.4 is 0 Å². The minimum atomic E-state index is -0.550. The molecular weight excluding hydrogens is 292 g/mol. The Bertz CT molecular complexity index is 606. The monoisotopic (exact) mass is 318 g/mol. The zero-order valence-corrected chi connectivity index (χ0v) is 14.5. The standard InChI is InChI=1S/C19H26O4/c1-6-8-19-10-12(20)15-16(22-5)23-11-17(15,3)13(19)9-14(21)18(19,4)7-2/h6,9,15-16H,1,7-8,10-11H2,2-5H3/t15-,16+,17-,18+,19+/m0/s1. The van der Waals surface area contributed by atoms with E-state index in [1.54, 1.807) is 13.2 Å². The molecule has 0 amide bonds. The molecule has 126 valence electrons. The zero-order chi connectivity index (χ0) is 17.0. The quantitative estimate of drug-likeness (QED) is 0.748. The first-order valence-electron chi connectivity index (χ1n) is 8.36. The minimum Gasteiger partial charge on any atom is -0.355 e. The van der Waals surface area contributed by atoms with E-state index in [4.69, 9.17) is 9.47 Å². The smallest absolute Gasteiger partial charge is 0.167 e. The first-order chi connectivity index (χ1) is 10.8. The molecule has 0 radical (unpaired) electrons.